The van der Waals surface area contributed by atoms with Gasteiger partial charge in [0, 0.05) is 5.02 Å². The van der Waals surface area contributed by atoms with E-state index < -0.39 is 0 Å². The van der Waals surface area contributed by atoms with Crippen molar-refractivity contribution in [3.63, 3.8) is 0 Å². The van der Waals surface area contributed by atoms with Crippen molar-refractivity contribution in [2.75, 3.05) is 11.9 Å². The van der Waals surface area contributed by atoms with E-state index in [4.69, 9.17) is 16.3 Å². The van der Waals surface area contributed by atoms with Crippen LogP contribution in [-0.2, 0) is 11.2 Å². The number of H-pyrrole nitrogens is 1. The molecule has 0 fully saturated rings. The molecule has 0 spiro atoms. The predicted octanol–water partition coefficient (Wildman–Crippen LogP) is 2.04. The summed E-state index contributed by atoms with van der Waals surface area (Å²) in [5.41, 5.74) is 0.828. The van der Waals surface area contributed by atoms with Crippen LogP contribution in [0.4, 0.5) is 5.95 Å². The van der Waals surface area contributed by atoms with Gasteiger partial charge in [-0.05, 0) is 24.6 Å². The van der Waals surface area contributed by atoms with Gasteiger partial charge in [0.05, 0.1) is 13.0 Å². The summed E-state index contributed by atoms with van der Waals surface area (Å²) >= 11 is 5.85. The third kappa shape index (κ3) is 3.96. The molecule has 0 saturated carbocycles. The number of hydrogen-bond donors (Lipinski definition) is 2. The minimum atomic E-state index is -0.207. The number of nitrogens with zero attached hydrogens (tertiary/aromatic N) is 2. The van der Waals surface area contributed by atoms with E-state index in [-0.39, 0.29) is 24.3 Å². The molecule has 2 rings (SSSR count). The average Bonchev–Trinajstić information content (AvgIpc) is 2.77. The quantitative estimate of drug-likeness (QED) is 0.878. The minimum absolute atomic E-state index is 0.207. The van der Waals surface area contributed by atoms with Crippen molar-refractivity contribution in [1.82, 2.24) is 15.2 Å². The van der Waals surface area contributed by atoms with Crippen LogP contribution in [0.2, 0.25) is 5.02 Å². The lowest BCUT2D eigenvalue weighted by molar-refractivity contribution is -0.115. The molecule has 0 bridgehead atoms. The number of carbonyl (C=O) groups is 1. The van der Waals surface area contributed by atoms with Gasteiger partial charge in [0.25, 0.3) is 0 Å². The third-order valence-electron chi connectivity index (χ3n) is 2.25. The Labute approximate surface area is 115 Å². The molecule has 7 heteroatoms. The van der Waals surface area contributed by atoms with Crippen molar-refractivity contribution in [3.05, 3.63) is 34.9 Å². The number of aromatic nitrogens is 3. The highest BCUT2D eigenvalue weighted by molar-refractivity contribution is 6.30. The zero-order chi connectivity index (χ0) is 13.7. The van der Waals surface area contributed by atoms with E-state index in [1.807, 2.05) is 13.0 Å². The van der Waals surface area contributed by atoms with Crippen molar-refractivity contribution >= 4 is 23.5 Å². The number of carbonyl (C=O) groups excluding carboxylic acids is 1. The number of rotatable bonds is 5. The summed E-state index contributed by atoms with van der Waals surface area (Å²) < 4.78 is 5.08. The Morgan fingerprint density at radius 1 is 1.53 bits per heavy atom. The summed E-state index contributed by atoms with van der Waals surface area (Å²) in [6, 6.07) is 7.34. The zero-order valence-corrected chi connectivity index (χ0v) is 11.1. The number of aromatic amines is 1. The monoisotopic (exact) mass is 280 g/mol. The van der Waals surface area contributed by atoms with E-state index in [9.17, 15) is 4.79 Å². The first kappa shape index (κ1) is 13.4. The second-order valence-corrected chi connectivity index (χ2v) is 4.19. The SMILES string of the molecule is CCOc1n[nH]c(NC(=O)Cc2cccc(Cl)c2)n1. The van der Waals surface area contributed by atoms with Gasteiger partial charge in [-0.15, -0.1) is 5.10 Å². The van der Waals surface area contributed by atoms with Gasteiger partial charge in [-0.3, -0.25) is 10.1 Å². The molecule has 19 heavy (non-hydrogen) atoms. The van der Waals surface area contributed by atoms with Crippen molar-refractivity contribution in [2.45, 2.75) is 13.3 Å². The number of nitrogens with one attached hydrogen (secondary N) is 2. The normalized spacial score (nSPS) is 10.2. The molecule has 1 aromatic carbocycles. The van der Waals surface area contributed by atoms with E-state index in [0.29, 0.717) is 11.6 Å². The Bertz CT molecular complexity index is 570. The molecule has 0 atom stereocenters. The van der Waals surface area contributed by atoms with Crippen LogP contribution in [0.15, 0.2) is 24.3 Å². The van der Waals surface area contributed by atoms with Gasteiger partial charge < -0.3 is 4.74 Å². The molecule has 2 N–H and O–H groups in total. The number of amides is 1. The molecule has 1 heterocycles. The number of halogens is 1. The molecule has 0 aliphatic rings. The molecule has 0 unspecified atom stereocenters. The van der Waals surface area contributed by atoms with Gasteiger partial charge >= 0.3 is 6.01 Å². The fourth-order valence-corrected chi connectivity index (χ4v) is 1.72. The van der Waals surface area contributed by atoms with Crippen LogP contribution in [0, 0.1) is 0 Å². The summed E-state index contributed by atoms with van der Waals surface area (Å²) in [6.45, 7) is 2.29. The van der Waals surface area contributed by atoms with Gasteiger partial charge in [-0.2, -0.15) is 4.98 Å². The molecule has 0 saturated heterocycles. The fourth-order valence-electron chi connectivity index (χ4n) is 1.50. The standard InChI is InChI=1S/C12H13ClN4O2/c1-2-19-12-15-11(16-17-12)14-10(18)7-8-4-3-5-9(13)6-8/h3-6H,2,7H2,1H3,(H2,14,15,16,17,18). The maximum atomic E-state index is 11.8. The molecule has 0 aliphatic carbocycles. The van der Waals surface area contributed by atoms with E-state index in [1.165, 1.54) is 0 Å². The second-order valence-electron chi connectivity index (χ2n) is 3.75. The minimum Gasteiger partial charge on any atom is -0.463 e. The number of benzene rings is 1. The summed E-state index contributed by atoms with van der Waals surface area (Å²) in [5, 5.41) is 9.56. The maximum Gasteiger partial charge on any atom is 0.337 e. The molecule has 6 nitrogen and oxygen atoms in total. The van der Waals surface area contributed by atoms with E-state index >= 15 is 0 Å². The van der Waals surface area contributed by atoms with Gasteiger partial charge in [0.2, 0.25) is 11.9 Å². The Balaban J connectivity index is 1.93. The van der Waals surface area contributed by atoms with Crippen LogP contribution in [-0.4, -0.2) is 27.7 Å². The summed E-state index contributed by atoms with van der Waals surface area (Å²) in [7, 11) is 0. The van der Waals surface area contributed by atoms with Crippen molar-refractivity contribution in [1.29, 1.82) is 0 Å². The Kier molecular flexibility index (Phi) is 4.35. The fraction of sp³-hybridized carbons (Fsp3) is 0.250. The number of anilines is 1. The second kappa shape index (κ2) is 6.19. The van der Waals surface area contributed by atoms with Gasteiger partial charge in [0.15, 0.2) is 0 Å². The van der Waals surface area contributed by atoms with Gasteiger partial charge in [-0.1, -0.05) is 23.7 Å². The zero-order valence-electron chi connectivity index (χ0n) is 10.3. The molecular weight excluding hydrogens is 268 g/mol. The summed E-state index contributed by atoms with van der Waals surface area (Å²) in [4.78, 5) is 15.7. The summed E-state index contributed by atoms with van der Waals surface area (Å²) in [5.74, 6) is 0.0527. The Hall–Kier alpha value is -2.08. The van der Waals surface area contributed by atoms with Crippen LogP contribution in [0.1, 0.15) is 12.5 Å². The molecule has 100 valence electrons. The van der Waals surface area contributed by atoms with Crippen molar-refractivity contribution in [3.8, 4) is 6.01 Å². The molecule has 0 aliphatic heterocycles. The Morgan fingerprint density at radius 2 is 2.37 bits per heavy atom. The van der Waals surface area contributed by atoms with Crippen LogP contribution in [0.3, 0.4) is 0 Å². The molecule has 0 radical (unpaired) electrons. The van der Waals surface area contributed by atoms with E-state index in [2.05, 4.69) is 20.5 Å². The van der Waals surface area contributed by atoms with E-state index in [1.54, 1.807) is 18.2 Å². The first-order valence-corrected chi connectivity index (χ1v) is 6.14. The highest BCUT2D eigenvalue weighted by Gasteiger charge is 2.08. The van der Waals surface area contributed by atoms with Crippen LogP contribution < -0.4 is 10.1 Å². The predicted molar refractivity (Wildman–Crippen MR) is 71.3 cm³/mol. The van der Waals surface area contributed by atoms with Gasteiger partial charge in [0.1, 0.15) is 0 Å². The van der Waals surface area contributed by atoms with Crippen molar-refractivity contribution < 1.29 is 9.53 Å². The molecule has 1 amide bonds. The number of hydrogen-bond acceptors (Lipinski definition) is 4. The smallest absolute Gasteiger partial charge is 0.337 e. The largest absolute Gasteiger partial charge is 0.463 e. The maximum absolute atomic E-state index is 11.8. The first-order chi connectivity index (χ1) is 9.17. The lowest BCUT2D eigenvalue weighted by Crippen LogP contribution is -2.15. The topological polar surface area (TPSA) is 79.9 Å². The van der Waals surface area contributed by atoms with Crippen molar-refractivity contribution in [2.24, 2.45) is 0 Å². The molecular formula is C12H13ClN4O2. The van der Waals surface area contributed by atoms with Gasteiger partial charge in [-0.25, -0.2) is 5.10 Å². The lowest BCUT2D eigenvalue weighted by Gasteiger charge is -2.02. The molecule has 2 aromatic rings. The summed E-state index contributed by atoms with van der Waals surface area (Å²) in [6.07, 6.45) is 0.214. The highest BCUT2D eigenvalue weighted by Crippen LogP contribution is 2.12. The third-order valence-corrected chi connectivity index (χ3v) is 2.48. The Morgan fingerprint density at radius 3 is 3.11 bits per heavy atom. The van der Waals surface area contributed by atoms with Crippen LogP contribution >= 0.6 is 11.6 Å². The molecule has 1 aromatic heterocycles. The first-order valence-electron chi connectivity index (χ1n) is 5.77. The van der Waals surface area contributed by atoms with E-state index in [0.717, 1.165) is 5.56 Å². The van der Waals surface area contributed by atoms with Crippen LogP contribution in [0.25, 0.3) is 0 Å². The average molecular weight is 281 g/mol. The lowest BCUT2D eigenvalue weighted by atomic mass is 10.1. The number of ether oxygens (including phenoxy) is 1. The highest BCUT2D eigenvalue weighted by atomic mass is 35.5. The van der Waals surface area contributed by atoms with Crippen LogP contribution in [0.5, 0.6) is 6.01 Å².